The summed E-state index contributed by atoms with van der Waals surface area (Å²) in [5, 5.41) is 1.95. The monoisotopic (exact) mass is 206 g/mol. The molecule has 1 heterocycles. The van der Waals surface area contributed by atoms with Gasteiger partial charge in [0.25, 0.3) is 0 Å². The van der Waals surface area contributed by atoms with Crippen molar-refractivity contribution >= 4 is 17.1 Å². The Morgan fingerprint density at radius 2 is 2.21 bits per heavy atom. The maximum Gasteiger partial charge on any atom is 0.164 e. The van der Waals surface area contributed by atoms with Crippen molar-refractivity contribution in [2.75, 3.05) is 0 Å². The highest BCUT2D eigenvalue weighted by Crippen LogP contribution is 2.21. The highest BCUT2D eigenvalue weighted by molar-refractivity contribution is 7.10. The first-order chi connectivity index (χ1) is 6.66. The summed E-state index contributed by atoms with van der Waals surface area (Å²) in [5.74, 6) is 5.92. The molecule has 1 nitrogen and oxygen atoms in total. The Morgan fingerprint density at radius 3 is 2.71 bits per heavy atom. The minimum Gasteiger partial charge on any atom is -0.294 e. The average molecular weight is 206 g/mol. The molecule has 0 spiro atoms. The van der Waals surface area contributed by atoms with E-state index in [1.807, 2.05) is 19.2 Å². The molecule has 1 aromatic rings. The molecule has 2 heteroatoms. The van der Waals surface area contributed by atoms with Crippen molar-refractivity contribution in [1.29, 1.82) is 0 Å². The van der Waals surface area contributed by atoms with Crippen LogP contribution in [0.25, 0.3) is 0 Å². The van der Waals surface area contributed by atoms with Crippen LogP contribution in [0, 0.1) is 25.7 Å². The van der Waals surface area contributed by atoms with Gasteiger partial charge >= 0.3 is 0 Å². The Labute approximate surface area is 89.2 Å². The van der Waals surface area contributed by atoms with E-state index in [1.165, 1.54) is 4.88 Å². The molecule has 0 atom stereocenters. The fourth-order valence-electron chi connectivity index (χ4n) is 1.22. The van der Waals surface area contributed by atoms with Gasteiger partial charge in [0.2, 0.25) is 0 Å². The smallest absolute Gasteiger partial charge is 0.164 e. The van der Waals surface area contributed by atoms with Crippen LogP contribution < -0.4 is 0 Å². The number of aryl methyl sites for hydroxylation is 1. The van der Waals surface area contributed by atoms with Gasteiger partial charge in [-0.25, -0.2) is 0 Å². The van der Waals surface area contributed by atoms with E-state index in [2.05, 4.69) is 11.8 Å². The van der Waals surface area contributed by atoms with Gasteiger partial charge in [0.15, 0.2) is 5.78 Å². The average Bonchev–Trinajstić information content (AvgIpc) is 2.48. The van der Waals surface area contributed by atoms with E-state index in [0.29, 0.717) is 12.8 Å². The molecule has 0 aliphatic carbocycles. The van der Waals surface area contributed by atoms with Crippen molar-refractivity contribution in [2.24, 2.45) is 0 Å². The lowest BCUT2D eigenvalue weighted by Gasteiger charge is -1.97. The van der Waals surface area contributed by atoms with Crippen LogP contribution in [0.5, 0.6) is 0 Å². The van der Waals surface area contributed by atoms with E-state index in [0.717, 1.165) is 11.1 Å². The van der Waals surface area contributed by atoms with Gasteiger partial charge in [-0.2, -0.15) is 0 Å². The first kappa shape index (κ1) is 11.0. The van der Waals surface area contributed by atoms with E-state index >= 15 is 0 Å². The molecule has 0 amide bonds. The number of hydrogen-bond donors (Lipinski definition) is 0. The van der Waals surface area contributed by atoms with Crippen molar-refractivity contribution in [3.63, 3.8) is 0 Å². The zero-order valence-corrected chi connectivity index (χ0v) is 9.62. The summed E-state index contributed by atoms with van der Waals surface area (Å²) in [6.07, 6.45) is 1.21. The van der Waals surface area contributed by atoms with Crippen molar-refractivity contribution in [2.45, 2.75) is 33.6 Å². The van der Waals surface area contributed by atoms with Gasteiger partial charge in [-0.3, -0.25) is 4.79 Å². The topological polar surface area (TPSA) is 17.1 Å². The molecule has 0 aliphatic heterocycles. The van der Waals surface area contributed by atoms with Crippen molar-refractivity contribution in [3.8, 4) is 11.8 Å². The Bertz CT molecular complexity index is 390. The molecule has 0 N–H and O–H groups in total. The van der Waals surface area contributed by atoms with Crippen LogP contribution in [0.15, 0.2) is 5.38 Å². The van der Waals surface area contributed by atoms with Crippen LogP contribution in [-0.4, -0.2) is 5.78 Å². The van der Waals surface area contributed by atoms with Gasteiger partial charge in [0, 0.05) is 28.7 Å². The third-order valence-corrected chi connectivity index (χ3v) is 3.25. The maximum absolute atomic E-state index is 11.7. The summed E-state index contributed by atoms with van der Waals surface area (Å²) >= 11 is 1.64. The first-order valence-electron chi connectivity index (χ1n) is 4.64. The lowest BCUT2D eigenvalue weighted by Crippen LogP contribution is -1.98. The predicted octanol–water partition coefficient (Wildman–Crippen LogP) is 3.35. The molecule has 1 rings (SSSR count). The molecule has 14 heavy (non-hydrogen) atoms. The number of Topliss-reactive ketones (excluding diaryl/α,β-unsaturated/α-hetero) is 1. The maximum atomic E-state index is 11.7. The van der Waals surface area contributed by atoms with E-state index in [9.17, 15) is 4.79 Å². The number of ketones is 1. The summed E-state index contributed by atoms with van der Waals surface area (Å²) in [5.41, 5.74) is 2.01. The molecule has 74 valence electrons. The summed E-state index contributed by atoms with van der Waals surface area (Å²) in [4.78, 5) is 12.9. The third kappa shape index (κ3) is 2.46. The normalized spacial score (nSPS) is 9.36. The van der Waals surface area contributed by atoms with Crippen LogP contribution in [0.2, 0.25) is 0 Å². The molecule has 0 bridgehead atoms. The summed E-state index contributed by atoms with van der Waals surface area (Å²) in [7, 11) is 0. The minimum atomic E-state index is 0.217. The van der Waals surface area contributed by atoms with Gasteiger partial charge in [-0.05, 0) is 26.3 Å². The molecular formula is C12H14OS. The molecule has 0 fully saturated rings. The van der Waals surface area contributed by atoms with Gasteiger partial charge < -0.3 is 0 Å². The number of hydrogen-bond acceptors (Lipinski definition) is 2. The van der Waals surface area contributed by atoms with E-state index in [-0.39, 0.29) is 5.78 Å². The van der Waals surface area contributed by atoms with Crippen molar-refractivity contribution < 1.29 is 4.79 Å². The largest absolute Gasteiger partial charge is 0.294 e. The zero-order valence-electron chi connectivity index (χ0n) is 8.81. The summed E-state index contributed by atoms with van der Waals surface area (Å²) in [6, 6.07) is 0. The van der Waals surface area contributed by atoms with Crippen LogP contribution in [0.4, 0.5) is 0 Å². The number of carbonyl (C=O) groups is 1. The van der Waals surface area contributed by atoms with Crippen molar-refractivity contribution in [3.05, 3.63) is 21.4 Å². The number of thiophene rings is 1. The van der Waals surface area contributed by atoms with Crippen LogP contribution in [0.1, 0.15) is 40.6 Å². The fraction of sp³-hybridized carbons (Fsp3) is 0.417. The SMILES string of the molecule is CC#CCCC(=O)c1csc(C)c1C. The molecule has 0 radical (unpaired) electrons. The highest BCUT2D eigenvalue weighted by atomic mass is 32.1. The van der Waals surface area contributed by atoms with Gasteiger partial charge in [-0.1, -0.05) is 0 Å². The standard InChI is InChI=1S/C12H14OS/c1-4-5-6-7-12(13)11-8-14-10(3)9(11)2/h8H,6-7H2,1-3H3. The molecule has 0 aromatic carbocycles. The molecule has 0 unspecified atom stereocenters. The second kappa shape index (κ2) is 4.97. The molecular weight excluding hydrogens is 192 g/mol. The van der Waals surface area contributed by atoms with Crippen LogP contribution >= 0.6 is 11.3 Å². The van der Waals surface area contributed by atoms with Crippen LogP contribution in [0.3, 0.4) is 0 Å². The van der Waals surface area contributed by atoms with Gasteiger partial charge in [0.05, 0.1) is 0 Å². The van der Waals surface area contributed by atoms with Crippen molar-refractivity contribution in [1.82, 2.24) is 0 Å². The van der Waals surface area contributed by atoms with E-state index in [1.54, 1.807) is 18.3 Å². The number of rotatable bonds is 3. The molecule has 0 saturated carbocycles. The highest BCUT2D eigenvalue weighted by Gasteiger charge is 2.11. The first-order valence-corrected chi connectivity index (χ1v) is 5.52. The third-order valence-electron chi connectivity index (χ3n) is 2.24. The minimum absolute atomic E-state index is 0.217. The lowest BCUT2D eigenvalue weighted by molar-refractivity contribution is 0.0984. The zero-order chi connectivity index (χ0) is 10.6. The van der Waals surface area contributed by atoms with E-state index < -0.39 is 0 Å². The second-order valence-electron chi connectivity index (χ2n) is 3.18. The fourth-order valence-corrected chi connectivity index (χ4v) is 2.11. The second-order valence-corrected chi connectivity index (χ2v) is 4.26. The lowest BCUT2D eigenvalue weighted by atomic mass is 10.1. The quantitative estimate of drug-likeness (QED) is 0.547. The Hall–Kier alpha value is -1.07. The Balaban J connectivity index is 2.68. The van der Waals surface area contributed by atoms with Gasteiger partial charge in [0.1, 0.15) is 0 Å². The van der Waals surface area contributed by atoms with Crippen LogP contribution in [-0.2, 0) is 0 Å². The predicted molar refractivity (Wildman–Crippen MR) is 60.8 cm³/mol. The Morgan fingerprint density at radius 1 is 1.50 bits per heavy atom. The molecule has 0 saturated heterocycles. The number of carbonyl (C=O) groups excluding carboxylic acids is 1. The summed E-state index contributed by atoms with van der Waals surface area (Å²) in [6.45, 7) is 5.84. The van der Waals surface area contributed by atoms with E-state index in [4.69, 9.17) is 0 Å². The summed E-state index contributed by atoms with van der Waals surface area (Å²) < 4.78 is 0. The molecule has 1 aromatic heterocycles. The molecule has 0 aliphatic rings. The van der Waals surface area contributed by atoms with Gasteiger partial charge in [-0.15, -0.1) is 23.2 Å². The Kier molecular flexibility index (Phi) is 3.91.